The van der Waals surface area contributed by atoms with Gasteiger partial charge < -0.3 is 4.74 Å². The summed E-state index contributed by atoms with van der Waals surface area (Å²) >= 11 is 0. The van der Waals surface area contributed by atoms with E-state index in [0.29, 0.717) is 24.2 Å². The molecule has 0 aliphatic carbocycles. The fraction of sp³-hybridized carbons (Fsp3) is 0.429. The number of ether oxygens (including phenoxy) is 1. The maximum absolute atomic E-state index is 11.8. The lowest BCUT2D eigenvalue weighted by molar-refractivity contribution is 0.0518. The normalized spacial score (nSPS) is 14.9. The Morgan fingerprint density at radius 3 is 2.68 bits per heavy atom. The molecule has 19 heavy (non-hydrogen) atoms. The van der Waals surface area contributed by atoms with E-state index in [1.807, 2.05) is 18.2 Å². The monoisotopic (exact) mass is 262 g/mol. The number of carbonyl (C=O) groups is 2. The molecule has 5 heteroatoms. The third-order valence-corrected chi connectivity index (χ3v) is 2.68. The van der Waals surface area contributed by atoms with Crippen molar-refractivity contribution in [1.29, 1.82) is 0 Å². The highest BCUT2D eigenvalue weighted by Crippen LogP contribution is 2.25. The van der Waals surface area contributed by atoms with Crippen molar-refractivity contribution in [3.8, 4) is 0 Å². The van der Waals surface area contributed by atoms with Gasteiger partial charge in [0.1, 0.15) is 5.60 Å². The van der Waals surface area contributed by atoms with Gasteiger partial charge in [-0.2, -0.15) is 0 Å². The highest BCUT2D eigenvalue weighted by molar-refractivity contribution is 6.03. The summed E-state index contributed by atoms with van der Waals surface area (Å²) in [6.45, 7) is 5.87. The van der Waals surface area contributed by atoms with Gasteiger partial charge in [0, 0.05) is 18.5 Å². The number of anilines is 1. The Kier molecular flexibility index (Phi) is 3.46. The van der Waals surface area contributed by atoms with Crippen molar-refractivity contribution in [1.82, 2.24) is 5.43 Å². The van der Waals surface area contributed by atoms with Crippen LogP contribution < -0.4 is 10.4 Å². The van der Waals surface area contributed by atoms with E-state index < -0.39 is 11.7 Å². The molecular formula is C14H18N2O3. The van der Waals surface area contributed by atoms with Crippen molar-refractivity contribution >= 4 is 17.6 Å². The average Bonchev–Trinajstić information content (AvgIpc) is 2.31. The molecule has 5 nitrogen and oxygen atoms in total. The van der Waals surface area contributed by atoms with Gasteiger partial charge in [-0.05, 0) is 32.9 Å². The largest absolute Gasteiger partial charge is 0.443 e. The summed E-state index contributed by atoms with van der Waals surface area (Å²) in [5.74, 6) is 0.0952. The van der Waals surface area contributed by atoms with Crippen LogP contribution in [0.25, 0.3) is 0 Å². The zero-order valence-corrected chi connectivity index (χ0v) is 11.4. The molecule has 0 bridgehead atoms. The lowest BCUT2D eigenvalue weighted by Gasteiger charge is -2.31. The zero-order valence-electron chi connectivity index (χ0n) is 11.4. The number of Topliss-reactive ketones (excluding diaryl/α,β-unsaturated/α-hetero) is 1. The minimum atomic E-state index is -0.546. The molecule has 0 saturated heterocycles. The Labute approximate surface area is 112 Å². The Morgan fingerprint density at radius 2 is 2.00 bits per heavy atom. The van der Waals surface area contributed by atoms with Gasteiger partial charge in [-0.3, -0.25) is 9.80 Å². The first-order chi connectivity index (χ1) is 8.87. The second kappa shape index (κ2) is 4.91. The molecule has 0 saturated carbocycles. The molecule has 1 aliphatic heterocycles. The predicted octanol–water partition coefficient (Wildman–Crippen LogP) is 2.52. The highest BCUT2D eigenvalue weighted by Gasteiger charge is 2.25. The maximum Gasteiger partial charge on any atom is 0.426 e. The number of rotatable bonds is 1. The van der Waals surface area contributed by atoms with Gasteiger partial charge in [0.15, 0.2) is 5.78 Å². The smallest absolute Gasteiger partial charge is 0.426 e. The van der Waals surface area contributed by atoms with Crippen LogP contribution in [0, 0.1) is 0 Å². The Morgan fingerprint density at radius 1 is 1.32 bits per heavy atom. The van der Waals surface area contributed by atoms with Crippen molar-refractivity contribution in [2.45, 2.75) is 32.8 Å². The summed E-state index contributed by atoms with van der Waals surface area (Å²) in [5, 5.41) is 1.66. The third-order valence-electron chi connectivity index (χ3n) is 2.68. The van der Waals surface area contributed by atoms with Crippen LogP contribution in [0.15, 0.2) is 24.3 Å². The number of hydrazine groups is 1. The van der Waals surface area contributed by atoms with Gasteiger partial charge in [0.2, 0.25) is 0 Å². The Hall–Kier alpha value is -2.04. The number of hydrogen-bond acceptors (Lipinski definition) is 4. The minimum absolute atomic E-state index is 0.0952. The standard InChI is InChI=1S/C14H18N2O3/c1-14(2,3)19-13(18)15-16-9-8-12(17)10-6-4-5-7-11(10)16/h4-7H,8-9H2,1-3H3,(H,15,18). The lowest BCUT2D eigenvalue weighted by atomic mass is 10.0. The first-order valence-corrected chi connectivity index (χ1v) is 6.26. The van der Waals surface area contributed by atoms with Gasteiger partial charge in [-0.25, -0.2) is 10.2 Å². The first kappa shape index (κ1) is 13.4. The Balaban J connectivity index is 2.13. The average molecular weight is 262 g/mol. The second-order valence-corrected chi connectivity index (χ2v) is 5.46. The van der Waals surface area contributed by atoms with Gasteiger partial charge >= 0.3 is 6.09 Å². The Bertz CT molecular complexity index is 506. The van der Waals surface area contributed by atoms with Crippen molar-refractivity contribution < 1.29 is 14.3 Å². The van der Waals surface area contributed by atoms with Gasteiger partial charge in [-0.1, -0.05) is 12.1 Å². The summed E-state index contributed by atoms with van der Waals surface area (Å²) < 4.78 is 5.21. The van der Waals surface area contributed by atoms with E-state index in [-0.39, 0.29) is 5.78 Å². The molecule has 102 valence electrons. The molecule has 1 aliphatic rings. The van der Waals surface area contributed by atoms with Gasteiger partial charge in [-0.15, -0.1) is 0 Å². The molecule has 0 aromatic heterocycles. The number of benzene rings is 1. The number of nitrogens with one attached hydrogen (secondary N) is 1. The summed E-state index contributed by atoms with van der Waals surface area (Å²) in [4.78, 5) is 23.5. The van der Waals surface area contributed by atoms with E-state index in [0.717, 1.165) is 0 Å². The van der Waals surface area contributed by atoms with Crippen LogP contribution >= 0.6 is 0 Å². The summed E-state index contributed by atoms with van der Waals surface area (Å²) in [6, 6.07) is 7.22. The van der Waals surface area contributed by atoms with Crippen molar-refractivity contribution in [3.05, 3.63) is 29.8 Å². The highest BCUT2D eigenvalue weighted by atomic mass is 16.6. The van der Waals surface area contributed by atoms with Crippen molar-refractivity contribution in [2.24, 2.45) is 0 Å². The molecule has 0 fully saturated rings. The van der Waals surface area contributed by atoms with E-state index >= 15 is 0 Å². The molecule has 0 radical (unpaired) electrons. The van der Waals surface area contributed by atoms with Crippen LogP contribution in [-0.2, 0) is 4.74 Å². The van der Waals surface area contributed by atoms with Gasteiger partial charge in [0.25, 0.3) is 0 Å². The number of carbonyl (C=O) groups excluding carboxylic acids is 2. The third kappa shape index (κ3) is 3.24. The minimum Gasteiger partial charge on any atom is -0.443 e. The lowest BCUT2D eigenvalue weighted by Crippen LogP contribution is -2.48. The van der Waals surface area contributed by atoms with Gasteiger partial charge in [0.05, 0.1) is 5.69 Å². The first-order valence-electron chi connectivity index (χ1n) is 6.26. The molecule has 0 unspecified atom stereocenters. The number of fused-ring (bicyclic) bond motifs is 1. The van der Waals surface area contributed by atoms with E-state index in [9.17, 15) is 9.59 Å². The number of para-hydroxylation sites is 1. The molecule has 1 amide bonds. The zero-order chi connectivity index (χ0) is 14.0. The van der Waals surface area contributed by atoms with Crippen LogP contribution in [0.3, 0.4) is 0 Å². The summed E-state index contributed by atoms with van der Waals surface area (Å²) in [7, 11) is 0. The van der Waals surface area contributed by atoms with Crippen LogP contribution in [0.4, 0.5) is 10.5 Å². The fourth-order valence-electron chi connectivity index (χ4n) is 1.94. The van der Waals surface area contributed by atoms with Crippen LogP contribution in [0.5, 0.6) is 0 Å². The molecule has 1 aromatic rings. The molecule has 1 aromatic carbocycles. The fourth-order valence-corrected chi connectivity index (χ4v) is 1.94. The quantitative estimate of drug-likeness (QED) is 0.845. The van der Waals surface area contributed by atoms with E-state index in [1.165, 1.54) is 0 Å². The van der Waals surface area contributed by atoms with Crippen LogP contribution in [-0.4, -0.2) is 24.0 Å². The second-order valence-electron chi connectivity index (χ2n) is 5.46. The number of ketones is 1. The molecule has 0 atom stereocenters. The SMILES string of the molecule is CC(C)(C)OC(=O)NN1CCC(=O)c2ccccc21. The number of amides is 1. The van der Waals surface area contributed by atoms with Crippen molar-refractivity contribution in [2.75, 3.05) is 11.6 Å². The van der Waals surface area contributed by atoms with Crippen LogP contribution in [0.2, 0.25) is 0 Å². The maximum atomic E-state index is 11.8. The number of nitrogens with zero attached hydrogens (tertiary/aromatic N) is 1. The molecular weight excluding hydrogens is 244 g/mol. The summed E-state index contributed by atoms with van der Waals surface area (Å²) in [5.41, 5.74) is 3.47. The molecule has 0 spiro atoms. The summed E-state index contributed by atoms with van der Waals surface area (Å²) in [6.07, 6.45) is -0.135. The molecule has 2 rings (SSSR count). The molecule has 1 heterocycles. The molecule has 1 N–H and O–H groups in total. The topological polar surface area (TPSA) is 58.6 Å². The van der Waals surface area contributed by atoms with E-state index in [1.54, 1.807) is 31.8 Å². The van der Waals surface area contributed by atoms with Crippen molar-refractivity contribution in [3.63, 3.8) is 0 Å². The van der Waals surface area contributed by atoms with E-state index in [2.05, 4.69) is 5.43 Å². The number of hydrogen-bond donors (Lipinski definition) is 1. The van der Waals surface area contributed by atoms with Crippen LogP contribution in [0.1, 0.15) is 37.6 Å². The van der Waals surface area contributed by atoms with E-state index in [4.69, 9.17) is 4.74 Å². The predicted molar refractivity (Wildman–Crippen MR) is 72.1 cm³/mol.